The highest BCUT2D eigenvalue weighted by Gasteiger charge is 2.70. The Morgan fingerprint density at radius 1 is 0.275 bits per heavy atom. The summed E-state index contributed by atoms with van der Waals surface area (Å²) in [5, 5.41) is 0. The van der Waals surface area contributed by atoms with Crippen LogP contribution in [0.15, 0.2) is 0 Å². The van der Waals surface area contributed by atoms with Gasteiger partial charge in [0.1, 0.15) is 22.4 Å². The minimum absolute atomic E-state index is 0.00378. The molecular weight excluding hydrogens is 1510 g/mol. The summed E-state index contributed by atoms with van der Waals surface area (Å²) in [6.45, 7) is 29.8. The van der Waals surface area contributed by atoms with Crippen LogP contribution in [-0.2, 0) is 76.3 Å². The monoisotopic (exact) mass is 1670 g/mol. The van der Waals surface area contributed by atoms with E-state index in [4.69, 9.17) is 37.9 Å². The van der Waals surface area contributed by atoms with Crippen LogP contribution >= 0.6 is 0 Å². The lowest BCUT2D eigenvalue weighted by Gasteiger charge is -2.63. The van der Waals surface area contributed by atoms with Gasteiger partial charge in [-0.05, 0) is 434 Å². The molecule has 0 aromatic carbocycles. The highest BCUT2D eigenvalue weighted by atomic mass is 16.6. The molecule has 16 heteroatoms. The number of hydrogen-bond acceptors (Lipinski definition) is 16. The molecule has 22 rings (SSSR count). The highest BCUT2D eigenvalue weighted by Crippen LogP contribution is 2.71. The lowest BCUT2D eigenvalue weighted by atomic mass is 9.46. The smallest absolute Gasteiger partial charge is 0.344 e. The van der Waals surface area contributed by atoms with Crippen molar-refractivity contribution in [1.82, 2.24) is 0 Å². The first-order chi connectivity index (χ1) is 57.0. The van der Waals surface area contributed by atoms with Crippen LogP contribution in [0.5, 0.6) is 0 Å². The Labute approximate surface area is 723 Å². The van der Waals surface area contributed by atoms with E-state index in [9.17, 15) is 38.4 Å². The Bertz CT molecular complexity index is 3510. The van der Waals surface area contributed by atoms with Gasteiger partial charge < -0.3 is 37.9 Å². The molecule has 22 saturated carbocycles. The maximum atomic E-state index is 13.1. The third-order valence-corrected chi connectivity index (χ3v) is 38.9. The van der Waals surface area contributed by atoms with E-state index in [0.717, 1.165) is 108 Å². The van der Waals surface area contributed by atoms with Crippen molar-refractivity contribution in [3.8, 4) is 0 Å². The van der Waals surface area contributed by atoms with Crippen LogP contribution in [0.3, 0.4) is 0 Å². The van der Waals surface area contributed by atoms with Gasteiger partial charge in [0.15, 0.2) is 19.8 Å². The van der Waals surface area contributed by atoms with Crippen molar-refractivity contribution in [2.45, 2.75) is 396 Å². The third-order valence-electron chi connectivity index (χ3n) is 38.9. The number of ether oxygens (including phenoxy) is 8. The van der Waals surface area contributed by atoms with Gasteiger partial charge in [0, 0.05) is 18.3 Å². The fourth-order valence-electron chi connectivity index (χ4n) is 31.9. The average Bonchev–Trinajstić information content (AvgIpc) is 1.62. The lowest BCUT2D eigenvalue weighted by Crippen LogP contribution is -2.64. The van der Waals surface area contributed by atoms with E-state index in [-0.39, 0.29) is 90.0 Å². The van der Waals surface area contributed by atoms with Crippen LogP contribution in [0.2, 0.25) is 0 Å². The molecule has 22 aliphatic rings. The molecule has 9 atom stereocenters. The number of hydrogen-bond donors (Lipinski definition) is 0. The van der Waals surface area contributed by atoms with Crippen LogP contribution in [-0.4, -0.2) is 96.6 Å². The lowest BCUT2D eigenvalue weighted by molar-refractivity contribution is -0.238. The van der Waals surface area contributed by atoms with Crippen LogP contribution in [0.4, 0.5) is 0 Å². The van der Waals surface area contributed by atoms with Crippen LogP contribution < -0.4 is 0 Å². The van der Waals surface area contributed by atoms with Crippen molar-refractivity contribution >= 4 is 47.8 Å². The Morgan fingerprint density at radius 2 is 0.625 bits per heavy atom. The number of carbonyl (C=O) groups excluding carboxylic acids is 8. The number of rotatable bonds is 27. The largest absolute Gasteiger partial charge is 0.465 e. The Kier molecular flexibility index (Phi) is 27.3. The summed E-state index contributed by atoms with van der Waals surface area (Å²) in [5.74, 6) is 16.8. The predicted molar refractivity (Wildman–Crippen MR) is 462 cm³/mol. The molecule has 0 aromatic heterocycles. The second-order valence-electron chi connectivity index (χ2n) is 47.8. The first-order valence-corrected chi connectivity index (χ1v) is 50.6. The van der Waals surface area contributed by atoms with Crippen molar-refractivity contribution in [3.05, 3.63) is 0 Å². The molecule has 16 nitrogen and oxygen atoms in total. The summed E-state index contributed by atoms with van der Waals surface area (Å²) in [6.07, 6.45) is 49.5. The summed E-state index contributed by atoms with van der Waals surface area (Å²) >= 11 is 0. The number of esters is 8. The standard InChI is InChI=1S/C28H46O4.C26H40O4.C25H38O4.C25H40O4/c1-5-27(3,4)26(30)31-12-7-6-11-25(29)32-28(22-10-8-9-19(2)13-22)23-15-20-14-21(17-23)18-24(28)16-20;1-5-25(3,4)24(28)29-14-23(27)30-26(22-13-18-12-19(22)6-15(18)2)20-8-16-7-17(10-20)11-21(26)9-16;1-4-24(2,3)23(27)28-14-22(26)29-25(21-13-15-5-6-18(21)8-15)19-9-16-7-17(11-19)12-20(25)10-16;1-5-24(3,4)23(27)28-15-22(26)29-25(19-8-6-16(2)7-9-19)20-11-17-10-18(13-20)14-21(25)12-17/h19-24H,5-18H2,1-4H3;15-22H,5-14H2,1-4H3;15-21H,4-14H2,1-3H3;16-21H,5-15H2,1-4H3. The van der Waals surface area contributed by atoms with E-state index < -0.39 is 21.7 Å². The fraction of sp³-hybridized carbons (Fsp3) is 0.923. The molecule has 0 saturated heterocycles. The third kappa shape index (κ3) is 18.0. The quantitative estimate of drug-likeness (QED) is 0.0425. The van der Waals surface area contributed by atoms with Crippen molar-refractivity contribution < 1.29 is 76.3 Å². The molecule has 676 valence electrons. The first-order valence-electron chi connectivity index (χ1n) is 50.6. The van der Waals surface area contributed by atoms with Gasteiger partial charge in [-0.15, -0.1) is 0 Å². The van der Waals surface area contributed by atoms with Crippen LogP contribution in [0.1, 0.15) is 374 Å². The molecule has 0 aromatic rings. The topological polar surface area (TPSA) is 210 Å². The van der Waals surface area contributed by atoms with Crippen LogP contribution in [0.25, 0.3) is 0 Å². The molecule has 0 N–H and O–H groups in total. The molecule has 22 fully saturated rings. The molecule has 0 heterocycles. The van der Waals surface area contributed by atoms with Gasteiger partial charge in [-0.3, -0.25) is 24.0 Å². The van der Waals surface area contributed by atoms with Gasteiger partial charge in [0.05, 0.1) is 28.3 Å². The molecule has 20 bridgehead atoms. The van der Waals surface area contributed by atoms with Crippen molar-refractivity contribution in [2.75, 3.05) is 26.4 Å². The van der Waals surface area contributed by atoms with Gasteiger partial charge in [-0.1, -0.05) is 80.6 Å². The average molecular weight is 1670 g/mol. The normalized spacial score (nSPS) is 42.6. The molecule has 120 heavy (non-hydrogen) atoms. The SMILES string of the molecule is CCC(C)(C)C(=O)OCC(=O)OC1(C2CC3CC2CC3C)C2CC3CC(C2)CC1C3.CCC(C)(C)C(=O)OCC(=O)OC1(C2CC3CCC2C3)C2CC3CC(C2)CC1C3.CCC(C)(C)C(=O)OCC(=O)OC1(C2CCC(C)CC2)C2CC3CC(C2)CC1C3.CCC(C)(C)C(=O)OCCCCC(=O)OC1(C2CCCC(C)C2)C2CC3CC(C2)CC1C3. The van der Waals surface area contributed by atoms with E-state index >= 15 is 0 Å². The zero-order valence-electron chi connectivity index (χ0n) is 77.6. The maximum Gasteiger partial charge on any atom is 0.344 e. The van der Waals surface area contributed by atoms with Gasteiger partial charge in [0.25, 0.3) is 0 Å². The van der Waals surface area contributed by atoms with Gasteiger partial charge in [0.2, 0.25) is 0 Å². The van der Waals surface area contributed by atoms with Crippen molar-refractivity contribution in [2.24, 2.45) is 181 Å². The first kappa shape index (κ1) is 90.5. The van der Waals surface area contributed by atoms with Crippen molar-refractivity contribution in [1.29, 1.82) is 0 Å². The molecular formula is C104H164O16. The van der Waals surface area contributed by atoms with E-state index in [1.165, 1.54) is 225 Å². The number of unbranched alkanes of at least 4 members (excludes halogenated alkanes) is 1. The Morgan fingerprint density at radius 3 is 0.958 bits per heavy atom. The Hall–Kier alpha value is -4.24. The minimum Gasteiger partial charge on any atom is -0.465 e. The minimum atomic E-state index is -0.555. The summed E-state index contributed by atoms with van der Waals surface area (Å²) in [5.41, 5.74) is -3.11. The van der Waals surface area contributed by atoms with E-state index in [0.29, 0.717) is 103 Å². The maximum absolute atomic E-state index is 13.1. The van der Waals surface area contributed by atoms with E-state index in [1.54, 1.807) is 0 Å². The van der Waals surface area contributed by atoms with Crippen LogP contribution in [0, 0.1) is 181 Å². The summed E-state index contributed by atoms with van der Waals surface area (Å²) in [4.78, 5) is 101. The molecule has 9 unspecified atom stereocenters. The molecule has 0 aliphatic heterocycles. The predicted octanol–water partition coefficient (Wildman–Crippen LogP) is 22.8. The number of carbonyl (C=O) groups is 8. The molecule has 0 radical (unpaired) electrons. The van der Waals surface area contributed by atoms with Gasteiger partial charge >= 0.3 is 47.8 Å². The zero-order valence-corrected chi connectivity index (χ0v) is 77.6. The zero-order chi connectivity index (χ0) is 85.4. The van der Waals surface area contributed by atoms with Gasteiger partial charge in [-0.25, -0.2) is 14.4 Å². The molecule has 0 spiro atoms. The number of fused-ring (bicyclic) bond motifs is 4. The summed E-state index contributed by atoms with van der Waals surface area (Å²) < 4.78 is 47.9. The highest BCUT2D eigenvalue weighted by molar-refractivity contribution is 5.82. The van der Waals surface area contributed by atoms with E-state index in [2.05, 4.69) is 20.8 Å². The summed E-state index contributed by atoms with van der Waals surface area (Å²) in [7, 11) is 0. The second kappa shape index (κ2) is 36.1. The molecule has 22 aliphatic carbocycles. The van der Waals surface area contributed by atoms with Crippen molar-refractivity contribution in [3.63, 3.8) is 0 Å². The fourth-order valence-corrected chi connectivity index (χ4v) is 31.9. The molecule has 0 amide bonds. The second-order valence-corrected chi connectivity index (χ2v) is 47.8. The van der Waals surface area contributed by atoms with Gasteiger partial charge in [-0.2, -0.15) is 0 Å². The van der Waals surface area contributed by atoms with E-state index in [1.807, 2.05) is 83.1 Å². The Balaban J connectivity index is 0.000000125. The summed E-state index contributed by atoms with van der Waals surface area (Å²) in [6, 6.07) is 0.